The molecular formula is C14H18N4O. The van der Waals surface area contributed by atoms with Crippen LogP contribution in [0, 0.1) is 6.92 Å². The first-order valence-corrected chi connectivity index (χ1v) is 6.17. The molecule has 0 bridgehead atoms. The van der Waals surface area contributed by atoms with Gasteiger partial charge in [0.15, 0.2) is 0 Å². The summed E-state index contributed by atoms with van der Waals surface area (Å²) >= 11 is 0. The average Bonchev–Trinajstić information content (AvgIpc) is 2.39. The van der Waals surface area contributed by atoms with Gasteiger partial charge in [-0.05, 0) is 19.4 Å². The summed E-state index contributed by atoms with van der Waals surface area (Å²) in [6.45, 7) is 3.88. The summed E-state index contributed by atoms with van der Waals surface area (Å²) in [5.74, 6) is 1.38. The summed E-state index contributed by atoms with van der Waals surface area (Å²) in [6, 6.07) is 3.75. The normalized spacial score (nSPS) is 12.2. The predicted molar refractivity (Wildman–Crippen MR) is 73.0 cm³/mol. The molecule has 0 radical (unpaired) electrons. The molecule has 1 atom stereocenters. The monoisotopic (exact) mass is 258 g/mol. The number of nitrogens with zero attached hydrogens (tertiary/aromatic N) is 3. The molecule has 2 rings (SSSR count). The molecule has 19 heavy (non-hydrogen) atoms. The number of ether oxygens (including phenoxy) is 1. The lowest BCUT2D eigenvalue weighted by atomic mass is 10.1. The lowest BCUT2D eigenvalue weighted by Crippen LogP contribution is -2.10. The van der Waals surface area contributed by atoms with Crippen molar-refractivity contribution >= 4 is 0 Å². The third-order valence-electron chi connectivity index (χ3n) is 2.93. The molecule has 0 spiro atoms. The minimum Gasteiger partial charge on any atom is -0.481 e. The zero-order valence-corrected chi connectivity index (χ0v) is 11.4. The fourth-order valence-corrected chi connectivity index (χ4v) is 1.88. The fraction of sp³-hybridized carbons (Fsp3) is 0.357. The van der Waals surface area contributed by atoms with E-state index in [0.29, 0.717) is 12.3 Å². The van der Waals surface area contributed by atoms with Gasteiger partial charge >= 0.3 is 0 Å². The van der Waals surface area contributed by atoms with Gasteiger partial charge < -0.3 is 10.5 Å². The molecule has 0 saturated heterocycles. The van der Waals surface area contributed by atoms with E-state index >= 15 is 0 Å². The summed E-state index contributed by atoms with van der Waals surface area (Å²) in [5, 5.41) is 0. The molecule has 2 aromatic rings. The van der Waals surface area contributed by atoms with Crippen LogP contribution >= 0.6 is 0 Å². The Balaban J connectivity index is 2.16. The number of aromatic nitrogens is 3. The highest BCUT2D eigenvalue weighted by Gasteiger charge is 2.08. The van der Waals surface area contributed by atoms with E-state index < -0.39 is 0 Å². The maximum Gasteiger partial charge on any atom is 0.212 e. The van der Waals surface area contributed by atoms with Gasteiger partial charge in [0.1, 0.15) is 5.82 Å². The number of rotatable bonds is 4. The minimum atomic E-state index is -0.0447. The van der Waals surface area contributed by atoms with Gasteiger partial charge in [-0.15, -0.1) is 0 Å². The van der Waals surface area contributed by atoms with E-state index in [0.717, 1.165) is 22.6 Å². The molecule has 0 aliphatic heterocycles. The van der Waals surface area contributed by atoms with Crippen LogP contribution in [0.3, 0.4) is 0 Å². The van der Waals surface area contributed by atoms with Gasteiger partial charge in [0.2, 0.25) is 5.88 Å². The molecule has 0 aliphatic rings. The first-order chi connectivity index (χ1) is 9.10. The van der Waals surface area contributed by atoms with Crippen LogP contribution < -0.4 is 10.5 Å². The van der Waals surface area contributed by atoms with E-state index in [1.54, 1.807) is 19.5 Å². The van der Waals surface area contributed by atoms with Gasteiger partial charge in [-0.25, -0.2) is 15.0 Å². The maximum absolute atomic E-state index is 5.85. The van der Waals surface area contributed by atoms with E-state index in [1.807, 2.05) is 26.0 Å². The quantitative estimate of drug-likeness (QED) is 0.905. The number of nitrogens with two attached hydrogens (primary N) is 1. The van der Waals surface area contributed by atoms with Crippen LogP contribution in [0.5, 0.6) is 5.88 Å². The Hall–Kier alpha value is -2.01. The van der Waals surface area contributed by atoms with Crippen LogP contribution in [-0.4, -0.2) is 22.1 Å². The van der Waals surface area contributed by atoms with Crippen molar-refractivity contribution in [2.45, 2.75) is 26.3 Å². The highest BCUT2D eigenvalue weighted by molar-refractivity contribution is 5.23. The van der Waals surface area contributed by atoms with Gasteiger partial charge in [-0.3, -0.25) is 0 Å². The van der Waals surface area contributed by atoms with Crippen LogP contribution in [0.25, 0.3) is 0 Å². The van der Waals surface area contributed by atoms with Crippen LogP contribution in [0.15, 0.2) is 24.5 Å². The molecule has 2 aromatic heterocycles. The highest BCUT2D eigenvalue weighted by atomic mass is 16.5. The highest BCUT2D eigenvalue weighted by Crippen LogP contribution is 2.14. The third-order valence-corrected chi connectivity index (χ3v) is 2.93. The second kappa shape index (κ2) is 5.75. The zero-order chi connectivity index (χ0) is 13.8. The van der Waals surface area contributed by atoms with Crippen molar-refractivity contribution in [2.24, 2.45) is 5.73 Å². The molecular weight excluding hydrogens is 240 g/mol. The van der Waals surface area contributed by atoms with Crippen molar-refractivity contribution in [1.29, 1.82) is 0 Å². The zero-order valence-electron chi connectivity index (χ0n) is 11.4. The second-order valence-electron chi connectivity index (χ2n) is 4.50. The fourth-order valence-electron chi connectivity index (χ4n) is 1.88. The lowest BCUT2D eigenvalue weighted by Gasteiger charge is -2.09. The molecule has 100 valence electrons. The third kappa shape index (κ3) is 3.26. The van der Waals surface area contributed by atoms with Crippen LogP contribution in [0.2, 0.25) is 0 Å². The average molecular weight is 258 g/mol. The van der Waals surface area contributed by atoms with Gasteiger partial charge in [0.05, 0.1) is 7.11 Å². The molecule has 0 aliphatic carbocycles. The van der Waals surface area contributed by atoms with Gasteiger partial charge in [0, 0.05) is 42.2 Å². The van der Waals surface area contributed by atoms with Crippen molar-refractivity contribution in [2.75, 3.05) is 7.11 Å². The Bertz CT molecular complexity index is 552. The smallest absolute Gasteiger partial charge is 0.212 e. The Morgan fingerprint density at radius 3 is 2.58 bits per heavy atom. The topological polar surface area (TPSA) is 73.9 Å². The molecule has 0 fully saturated rings. The number of hydrogen-bond acceptors (Lipinski definition) is 5. The standard InChI is InChI=1S/C14H18N4O/c1-9(15)12-8-16-13(18-10(12)2)6-11-4-5-14(19-3)17-7-11/h4-5,7-9H,6,15H2,1-3H3/t9-/m1/s1. The van der Waals surface area contributed by atoms with Crippen molar-refractivity contribution in [3.05, 3.63) is 47.2 Å². The molecule has 2 N–H and O–H groups in total. The molecule has 5 nitrogen and oxygen atoms in total. The number of aryl methyl sites for hydroxylation is 1. The summed E-state index contributed by atoms with van der Waals surface area (Å²) in [4.78, 5) is 13.0. The number of hydrogen-bond donors (Lipinski definition) is 1. The second-order valence-corrected chi connectivity index (χ2v) is 4.50. The summed E-state index contributed by atoms with van der Waals surface area (Å²) in [5.41, 5.74) is 8.81. The Kier molecular flexibility index (Phi) is 4.06. The Morgan fingerprint density at radius 2 is 2.05 bits per heavy atom. The molecule has 0 unspecified atom stereocenters. The van der Waals surface area contributed by atoms with E-state index in [1.165, 1.54) is 0 Å². The van der Waals surface area contributed by atoms with E-state index in [-0.39, 0.29) is 6.04 Å². The van der Waals surface area contributed by atoms with Crippen molar-refractivity contribution in [3.8, 4) is 5.88 Å². The van der Waals surface area contributed by atoms with Crippen molar-refractivity contribution in [1.82, 2.24) is 15.0 Å². The minimum absolute atomic E-state index is 0.0447. The largest absolute Gasteiger partial charge is 0.481 e. The Labute approximate surface area is 112 Å². The Morgan fingerprint density at radius 1 is 1.26 bits per heavy atom. The number of pyridine rings is 1. The van der Waals surface area contributed by atoms with Gasteiger partial charge in [-0.2, -0.15) is 0 Å². The van der Waals surface area contributed by atoms with Gasteiger partial charge in [0.25, 0.3) is 0 Å². The van der Waals surface area contributed by atoms with E-state index in [2.05, 4.69) is 15.0 Å². The summed E-state index contributed by atoms with van der Waals surface area (Å²) in [7, 11) is 1.60. The van der Waals surface area contributed by atoms with Crippen LogP contribution in [-0.2, 0) is 6.42 Å². The summed E-state index contributed by atoms with van der Waals surface area (Å²) in [6.07, 6.45) is 4.23. The van der Waals surface area contributed by atoms with Crippen molar-refractivity contribution < 1.29 is 4.74 Å². The SMILES string of the molecule is COc1ccc(Cc2ncc([C@@H](C)N)c(C)n2)cn1. The maximum atomic E-state index is 5.85. The molecule has 0 saturated carbocycles. The molecule has 5 heteroatoms. The van der Waals surface area contributed by atoms with Gasteiger partial charge in [-0.1, -0.05) is 6.07 Å². The van der Waals surface area contributed by atoms with E-state index in [9.17, 15) is 0 Å². The van der Waals surface area contributed by atoms with Crippen LogP contribution in [0.1, 0.15) is 35.6 Å². The number of methoxy groups -OCH3 is 1. The first-order valence-electron chi connectivity index (χ1n) is 6.17. The van der Waals surface area contributed by atoms with E-state index in [4.69, 9.17) is 10.5 Å². The lowest BCUT2D eigenvalue weighted by molar-refractivity contribution is 0.397. The summed E-state index contributed by atoms with van der Waals surface area (Å²) < 4.78 is 5.02. The molecule has 0 aromatic carbocycles. The predicted octanol–water partition coefficient (Wildman–Crippen LogP) is 1.80. The molecule has 0 amide bonds. The van der Waals surface area contributed by atoms with Crippen molar-refractivity contribution in [3.63, 3.8) is 0 Å². The molecule has 2 heterocycles. The van der Waals surface area contributed by atoms with Crippen LogP contribution in [0.4, 0.5) is 0 Å². The first kappa shape index (κ1) is 13.4.